The summed E-state index contributed by atoms with van der Waals surface area (Å²) in [6, 6.07) is 14.8. The van der Waals surface area contributed by atoms with E-state index in [1.807, 2.05) is 37.3 Å². The molecule has 1 atom stereocenters. The summed E-state index contributed by atoms with van der Waals surface area (Å²) in [6.45, 7) is 1.88. The first-order valence-corrected chi connectivity index (χ1v) is 9.88. The Hall–Kier alpha value is -1.12. The lowest BCUT2D eigenvalue weighted by atomic mass is 10.1. The Morgan fingerprint density at radius 1 is 1.17 bits per heavy atom. The molecule has 0 saturated heterocycles. The molecule has 0 radical (unpaired) electrons. The number of halogens is 1. The summed E-state index contributed by atoms with van der Waals surface area (Å²) in [5.41, 5.74) is 1.21. The van der Waals surface area contributed by atoms with Crippen molar-refractivity contribution >= 4 is 32.6 Å². The molecule has 6 heteroatoms. The van der Waals surface area contributed by atoms with Crippen LogP contribution in [-0.4, -0.2) is 21.6 Å². The second-order valence-corrected chi connectivity index (χ2v) is 8.22. The Morgan fingerprint density at radius 2 is 1.87 bits per heavy atom. The van der Waals surface area contributed by atoms with Crippen molar-refractivity contribution in [2.75, 3.05) is 7.11 Å². The van der Waals surface area contributed by atoms with E-state index in [2.05, 4.69) is 27.3 Å². The Labute approximate surface area is 151 Å². The highest BCUT2D eigenvalue weighted by atomic mass is 127. The quantitative estimate of drug-likeness (QED) is 0.663. The molecular formula is C17H20INO3S. The van der Waals surface area contributed by atoms with Gasteiger partial charge in [0.1, 0.15) is 5.75 Å². The predicted octanol–water partition coefficient (Wildman–Crippen LogP) is 3.60. The number of nitrogens with one attached hydrogen (secondary N) is 1. The van der Waals surface area contributed by atoms with Gasteiger partial charge < -0.3 is 4.74 Å². The minimum atomic E-state index is -3.52. The summed E-state index contributed by atoms with van der Waals surface area (Å²) < 4.78 is 33.6. The largest absolute Gasteiger partial charge is 0.496 e. The van der Waals surface area contributed by atoms with Gasteiger partial charge in [-0.1, -0.05) is 30.3 Å². The van der Waals surface area contributed by atoms with E-state index in [1.165, 1.54) is 5.56 Å². The Bertz CT molecular complexity index is 748. The lowest BCUT2D eigenvalue weighted by Gasteiger charge is -2.15. The minimum absolute atomic E-state index is 0.139. The van der Waals surface area contributed by atoms with E-state index in [4.69, 9.17) is 4.74 Å². The summed E-state index contributed by atoms with van der Waals surface area (Å²) in [4.78, 5) is 0.259. The molecule has 0 aliphatic rings. The monoisotopic (exact) mass is 445 g/mol. The van der Waals surface area contributed by atoms with E-state index in [1.54, 1.807) is 25.3 Å². The number of methoxy groups -OCH3 is 1. The van der Waals surface area contributed by atoms with Crippen LogP contribution in [0.2, 0.25) is 0 Å². The van der Waals surface area contributed by atoms with Gasteiger partial charge in [0.15, 0.2) is 0 Å². The molecule has 4 nitrogen and oxygen atoms in total. The predicted molar refractivity (Wildman–Crippen MR) is 100 cm³/mol. The van der Waals surface area contributed by atoms with Gasteiger partial charge in [-0.25, -0.2) is 13.1 Å². The van der Waals surface area contributed by atoms with Gasteiger partial charge in [-0.05, 0) is 66.1 Å². The fourth-order valence-corrected chi connectivity index (χ4v) is 4.48. The molecule has 124 valence electrons. The van der Waals surface area contributed by atoms with E-state index in [9.17, 15) is 8.42 Å². The van der Waals surface area contributed by atoms with Crippen molar-refractivity contribution < 1.29 is 13.2 Å². The lowest BCUT2D eigenvalue weighted by molar-refractivity contribution is 0.411. The maximum Gasteiger partial charge on any atom is 0.240 e. The molecule has 0 amide bonds. The molecule has 0 bridgehead atoms. The highest BCUT2D eigenvalue weighted by Gasteiger charge is 2.18. The maximum absolute atomic E-state index is 12.5. The third-order valence-electron chi connectivity index (χ3n) is 3.50. The van der Waals surface area contributed by atoms with Crippen molar-refractivity contribution in [3.8, 4) is 5.75 Å². The molecule has 23 heavy (non-hydrogen) atoms. The molecule has 2 aromatic carbocycles. The zero-order valence-electron chi connectivity index (χ0n) is 13.1. The third kappa shape index (κ3) is 5.19. The number of aryl methyl sites for hydroxylation is 1. The average molecular weight is 445 g/mol. The molecule has 1 N–H and O–H groups in total. The summed E-state index contributed by atoms with van der Waals surface area (Å²) in [7, 11) is -1.96. The molecule has 0 aromatic heterocycles. The topological polar surface area (TPSA) is 55.4 Å². The van der Waals surface area contributed by atoms with E-state index in [0.29, 0.717) is 5.75 Å². The zero-order valence-corrected chi connectivity index (χ0v) is 16.1. The van der Waals surface area contributed by atoms with Gasteiger partial charge in [0, 0.05) is 6.04 Å². The van der Waals surface area contributed by atoms with E-state index >= 15 is 0 Å². The zero-order chi connectivity index (χ0) is 16.9. The normalized spacial score (nSPS) is 12.8. The molecule has 2 aromatic rings. The van der Waals surface area contributed by atoms with Gasteiger partial charge >= 0.3 is 0 Å². The summed E-state index contributed by atoms with van der Waals surface area (Å²) >= 11 is 2.07. The van der Waals surface area contributed by atoms with Crippen molar-refractivity contribution in [3.63, 3.8) is 0 Å². The summed E-state index contributed by atoms with van der Waals surface area (Å²) in [5.74, 6) is 0.668. The number of hydrogen-bond donors (Lipinski definition) is 1. The van der Waals surface area contributed by atoms with Crippen molar-refractivity contribution in [1.29, 1.82) is 0 Å². The highest BCUT2D eigenvalue weighted by molar-refractivity contribution is 14.1. The van der Waals surface area contributed by atoms with Crippen LogP contribution in [0.1, 0.15) is 18.9 Å². The van der Waals surface area contributed by atoms with Gasteiger partial charge in [-0.2, -0.15) is 0 Å². The number of ether oxygens (including phenoxy) is 1. The SMILES string of the molecule is COc1ccc(S(=O)(=O)N[C@@H](C)CCc2ccccc2)cc1I. The molecule has 0 spiro atoms. The Morgan fingerprint density at radius 3 is 2.48 bits per heavy atom. The van der Waals surface area contributed by atoms with Crippen LogP contribution in [0.15, 0.2) is 53.4 Å². The summed E-state index contributed by atoms with van der Waals surface area (Å²) in [6.07, 6.45) is 1.58. The van der Waals surface area contributed by atoms with E-state index < -0.39 is 10.0 Å². The first kappa shape index (κ1) is 18.2. The molecule has 2 rings (SSSR count). The molecular weight excluding hydrogens is 425 g/mol. The average Bonchev–Trinajstić information content (AvgIpc) is 2.53. The van der Waals surface area contributed by atoms with Crippen molar-refractivity contribution in [2.45, 2.75) is 30.7 Å². The van der Waals surface area contributed by atoms with Gasteiger partial charge in [0.2, 0.25) is 10.0 Å². The van der Waals surface area contributed by atoms with E-state index in [0.717, 1.165) is 16.4 Å². The third-order valence-corrected chi connectivity index (χ3v) is 5.93. The summed E-state index contributed by atoms with van der Waals surface area (Å²) in [5, 5.41) is 0. The van der Waals surface area contributed by atoms with Gasteiger partial charge in [-0.3, -0.25) is 0 Å². The first-order valence-electron chi connectivity index (χ1n) is 7.32. The van der Waals surface area contributed by atoms with Crippen molar-refractivity contribution in [2.24, 2.45) is 0 Å². The van der Waals surface area contributed by atoms with Gasteiger partial charge in [0.05, 0.1) is 15.6 Å². The molecule has 0 saturated carbocycles. The van der Waals surface area contributed by atoms with Crippen LogP contribution in [0.5, 0.6) is 5.75 Å². The van der Waals surface area contributed by atoms with Crippen LogP contribution in [0.3, 0.4) is 0 Å². The van der Waals surface area contributed by atoms with E-state index in [-0.39, 0.29) is 10.9 Å². The highest BCUT2D eigenvalue weighted by Crippen LogP contribution is 2.24. The van der Waals surface area contributed by atoms with Gasteiger partial charge in [0.25, 0.3) is 0 Å². The molecule has 0 heterocycles. The smallest absolute Gasteiger partial charge is 0.240 e. The molecule has 0 unspecified atom stereocenters. The molecule has 0 fully saturated rings. The standard InChI is InChI=1S/C17H20INO3S/c1-13(8-9-14-6-4-3-5-7-14)19-23(20,21)15-10-11-17(22-2)16(18)12-15/h3-7,10-13,19H,8-9H2,1-2H3/t13-/m0/s1. The Kier molecular flexibility index (Phi) is 6.43. The fourth-order valence-electron chi connectivity index (χ4n) is 2.23. The van der Waals surface area contributed by atoms with Crippen LogP contribution in [0.25, 0.3) is 0 Å². The number of benzene rings is 2. The van der Waals surface area contributed by atoms with Crippen LogP contribution < -0.4 is 9.46 Å². The van der Waals surface area contributed by atoms with Crippen molar-refractivity contribution in [3.05, 3.63) is 57.7 Å². The van der Waals surface area contributed by atoms with Gasteiger partial charge in [-0.15, -0.1) is 0 Å². The Balaban J connectivity index is 2.01. The maximum atomic E-state index is 12.5. The van der Waals surface area contributed by atoms with Crippen LogP contribution in [0, 0.1) is 3.57 Å². The second kappa shape index (κ2) is 8.12. The first-order chi connectivity index (χ1) is 10.9. The minimum Gasteiger partial charge on any atom is -0.496 e. The number of hydrogen-bond acceptors (Lipinski definition) is 3. The molecule has 0 aliphatic heterocycles. The number of sulfonamides is 1. The van der Waals surface area contributed by atoms with Crippen LogP contribution in [0.4, 0.5) is 0 Å². The second-order valence-electron chi connectivity index (χ2n) is 5.34. The van der Waals surface area contributed by atoms with Crippen molar-refractivity contribution in [1.82, 2.24) is 4.72 Å². The van der Waals surface area contributed by atoms with Crippen LogP contribution >= 0.6 is 22.6 Å². The number of rotatable bonds is 7. The fraction of sp³-hybridized carbons (Fsp3) is 0.294. The lowest BCUT2D eigenvalue weighted by Crippen LogP contribution is -2.33. The van der Waals surface area contributed by atoms with Crippen LogP contribution in [-0.2, 0) is 16.4 Å². The molecule has 0 aliphatic carbocycles.